The first-order chi connectivity index (χ1) is 14.7. The third-order valence-electron chi connectivity index (χ3n) is 4.68. The number of hydrogen-bond donors (Lipinski definition) is 1. The van der Waals surface area contributed by atoms with Crippen LogP contribution in [0.3, 0.4) is 0 Å². The Morgan fingerprint density at radius 1 is 1.13 bits per heavy atom. The van der Waals surface area contributed by atoms with Crippen molar-refractivity contribution >= 4 is 45.6 Å². The Labute approximate surface area is 183 Å². The molecule has 1 amide bonds. The van der Waals surface area contributed by atoms with Gasteiger partial charge in [0.2, 0.25) is 11.0 Å². The molecule has 0 aliphatic carbocycles. The predicted molar refractivity (Wildman–Crippen MR) is 120 cm³/mol. The minimum absolute atomic E-state index is 0.120. The monoisotopic (exact) mass is 442 g/mol. The minimum atomic E-state index is 0.120. The summed E-state index contributed by atoms with van der Waals surface area (Å²) in [4.78, 5) is 21.1. The van der Waals surface area contributed by atoms with E-state index in [9.17, 15) is 4.79 Å². The van der Waals surface area contributed by atoms with Crippen LogP contribution in [0, 0.1) is 0 Å². The third kappa shape index (κ3) is 5.00. The minimum Gasteiger partial charge on any atom is -0.495 e. The summed E-state index contributed by atoms with van der Waals surface area (Å²) in [5, 5.41) is 12.2. The van der Waals surface area contributed by atoms with Crippen LogP contribution in [0.1, 0.15) is 0 Å². The van der Waals surface area contributed by atoms with Gasteiger partial charge in [0.15, 0.2) is 4.34 Å². The maximum Gasteiger partial charge on any atom is 0.233 e. The number of methoxy groups -OCH3 is 1. The number of pyridine rings is 1. The quantitative estimate of drug-likeness (QED) is 0.559. The van der Waals surface area contributed by atoms with Gasteiger partial charge in [0.25, 0.3) is 0 Å². The molecule has 30 heavy (non-hydrogen) atoms. The van der Waals surface area contributed by atoms with Gasteiger partial charge in [-0.25, -0.2) is 4.98 Å². The summed E-state index contributed by atoms with van der Waals surface area (Å²) >= 11 is 2.84. The molecule has 156 valence electrons. The van der Waals surface area contributed by atoms with E-state index in [0.29, 0.717) is 24.0 Å². The Bertz CT molecular complexity index is 976. The number of piperazine rings is 1. The van der Waals surface area contributed by atoms with Gasteiger partial charge in [-0.2, -0.15) is 0 Å². The summed E-state index contributed by atoms with van der Waals surface area (Å²) in [5.41, 5.74) is 0.828. The number of carbonyl (C=O) groups is 1. The molecule has 3 aromatic rings. The third-order valence-corrected chi connectivity index (χ3v) is 6.64. The molecule has 0 radical (unpaired) electrons. The van der Waals surface area contributed by atoms with E-state index in [2.05, 4.69) is 25.4 Å². The van der Waals surface area contributed by atoms with Crippen LogP contribution in [-0.4, -0.2) is 65.0 Å². The maximum atomic E-state index is 12.6. The van der Waals surface area contributed by atoms with Gasteiger partial charge in [0, 0.05) is 32.4 Å². The number of carbonyl (C=O) groups excluding carboxylic acids is 1. The van der Waals surface area contributed by atoms with Gasteiger partial charge in [-0.1, -0.05) is 41.3 Å². The molecule has 10 heteroatoms. The van der Waals surface area contributed by atoms with Gasteiger partial charge in [0.1, 0.15) is 11.6 Å². The second-order valence-electron chi connectivity index (χ2n) is 6.54. The number of anilines is 3. The molecule has 3 heterocycles. The van der Waals surface area contributed by atoms with Gasteiger partial charge in [-0.3, -0.25) is 4.79 Å². The normalized spacial score (nSPS) is 13.9. The van der Waals surface area contributed by atoms with Crippen LogP contribution in [-0.2, 0) is 4.79 Å². The maximum absolute atomic E-state index is 12.6. The lowest BCUT2D eigenvalue weighted by Gasteiger charge is -2.35. The second-order valence-corrected chi connectivity index (χ2v) is 8.74. The average Bonchev–Trinajstić information content (AvgIpc) is 3.26. The summed E-state index contributed by atoms with van der Waals surface area (Å²) in [6.45, 7) is 2.98. The lowest BCUT2D eigenvalue weighted by Crippen LogP contribution is -2.49. The number of rotatable bonds is 7. The van der Waals surface area contributed by atoms with Crippen LogP contribution in [0.2, 0.25) is 0 Å². The number of amides is 1. The SMILES string of the molecule is COc1ccccc1Nc1nnc(SCC(=O)N2CCN(c3ccccn3)CC2)s1. The summed E-state index contributed by atoms with van der Waals surface area (Å²) in [5.74, 6) is 2.17. The van der Waals surface area contributed by atoms with Gasteiger partial charge >= 0.3 is 0 Å². The molecule has 0 saturated carbocycles. The highest BCUT2D eigenvalue weighted by Gasteiger charge is 2.22. The molecule has 1 fully saturated rings. The lowest BCUT2D eigenvalue weighted by atomic mass is 10.3. The van der Waals surface area contributed by atoms with Crippen molar-refractivity contribution < 1.29 is 9.53 Å². The van der Waals surface area contributed by atoms with Gasteiger partial charge < -0.3 is 19.9 Å². The Kier molecular flexibility index (Phi) is 6.65. The molecule has 0 unspecified atom stereocenters. The first-order valence-corrected chi connectivity index (χ1v) is 11.3. The fraction of sp³-hybridized carbons (Fsp3) is 0.300. The van der Waals surface area contributed by atoms with Gasteiger partial charge in [0.05, 0.1) is 18.6 Å². The molecule has 0 spiro atoms. The number of aromatic nitrogens is 3. The van der Waals surface area contributed by atoms with Crippen molar-refractivity contribution in [2.24, 2.45) is 0 Å². The molecule has 4 rings (SSSR count). The molecule has 1 aliphatic rings. The lowest BCUT2D eigenvalue weighted by molar-refractivity contribution is -0.128. The molecule has 0 atom stereocenters. The zero-order valence-electron chi connectivity index (χ0n) is 16.5. The summed E-state index contributed by atoms with van der Waals surface area (Å²) in [6, 6.07) is 13.5. The number of hydrogen-bond acceptors (Lipinski definition) is 9. The van der Waals surface area contributed by atoms with Crippen LogP contribution in [0.5, 0.6) is 5.75 Å². The van der Waals surface area contributed by atoms with Gasteiger partial charge in [-0.05, 0) is 24.3 Å². The molecule has 1 aromatic carbocycles. The second kappa shape index (κ2) is 9.77. The molecular weight excluding hydrogens is 420 g/mol. The highest BCUT2D eigenvalue weighted by molar-refractivity contribution is 8.01. The first kappa shape index (κ1) is 20.4. The van der Waals surface area contributed by atoms with E-state index in [0.717, 1.165) is 34.7 Å². The number of para-hydroxylation sites is 2. The van der Waals surface area contributed by atoms with Crippen molar-refractivity contribution in [3.05, 3.63) is 48.7 Å². The largest absolute Gasteiger partial charge is 0.495 e. The van der Waals surface area contributed by atoms with Crippen molar-refractivity contribution in [3.63, 3.8) is 0 Å². The van der Waals surface area contributed by atoms with Crippen molar-refractivity contribution in [2.45, 2.75) is 4.34 Å². The van der Waals surface area contributed by atoms with E-state index >= 15 is 0 Å². The molecular formula is C20H22N6O2S2. The van der Waals surface area contributed by atoms with Crippen LogP contribution >= 0.6 is 23.1 Å². The Hall–Kier alpha value is -2.85. The Balaban J connectivity index is 1.26. The number of thioether (sulfide) groups is 1. The van der Waals surface area contributed by atoms with E-state index in [1.54, 1.807) is 13.3 Å². The average molecular weight is 443 g/mol. The van der Waals surface area contributed by atoms with E-state index in [-0.39, 0.29) is 5.91 Å². The zero-order chi connectivity index (χ0) is 20.8. The number of nitrogens with one attached hydrogen (secondary N) is 1. The summed E-state index contributed by atoms with van der Waals surface area (Å²) in [6.07, 6.45) is 1.79. The smallest absolute Gasteiger partial charge is 0.233 e. The van der Waals surface area contributed by atoms with Crippen molar-refractivity contribution in [3.8, 4) is 5.75 Å². The van der Waals surface area contributed by atoms with Gasteiger partial charge in [-0.15, -0.1) is 10.2 Å². The fourth-order valence-corrected chi connectivity index (χ4v) is 4.79. The predicted octanol–water partition coefficient (Wildman–Crippen LogP) is 3.13. The van der Waals surface area contributed by atoms with E-state index in [1.165, 1.54) is 23.1 Å². The standard InChI is InChI=1S/C20H22N6O2S2/c1-28-16-7-3-2-6-15(16)22-19-23-24-20(30-19)29-14-18(27)26-12-10-25(11-13-26)17-8-4-5-9-21-17/h2-9H,10-14H2,1H3,(H,22,23). The molecule has 2 aromatic heterocycles. The molecule has 8 nitrogen and oxygen atoms in total. The summed E-state index contributed by atoms with van der Waals surface area (Å²) < 4.78 is 6.09. The van der Waals surface area contributed by atoms with Crippen LogP contribution in [0.25, 0.3) is 0 Å². The number of nitrogens with zero attached hydrogens (tertiary/aromatic N) is 5. The Morgan fingerprint density at radius 3 is 2.70 bits per heavy atom. The fourth-order valence-electron chi connectivity index (χ4n) is 3.12. The molecule has 0 bridgehead atoms. The Morgan fingerprint density at radius 2 is 1.93 bits per heavy atom. The topological polar surface area (TPSA) is 83.5 Å². The van der Waals surface area contributed by atoms with E-state index in [4.69, 9.17) is 4.74 Å². The number of benzene rings is 1. The zero-order valence-corrected chi connectivity index (χ0v) is 18.2. The molecule has 1 aliphatic heterocycles. The van der Waals surface area contributed by atoms with E-state index < -0.39 is 0 Å². The van der Waals surface area contributed by atoms with Crippen molar-refractivity contribution in [1.29, 1.82) is 0 Å². The van der Waals surface area contributed by atoms with Crippen LogP contribution in [0.15, 0.2) is 53.0 Å². The van der Waals surface area contributed by atoms with Crippen LogP contribution in [0.4, 0.5) is 16.6 Å². The summed E-state index contributed by atoms with van der Waals surface area (Å²) in [7, 11) is 1.63. The molecule has 1 N–H and O–H groups in total. The van der Waals surface area contributed by atoms with Crippen LogP contribution < -0.4 is 15.0 Å². The van der Waals surface area contributed by atoms with Crippen molar-refractivity contribution in [2.75, 3.05) is 49.3 Å². The first-order valence-electron chi connectivity index (χ1n) is 9.53. The molecule has 1 saturated heterocycles. The highest BCUT2D eigenvalue weighted by Crippen LogP contribution is 2.31. The highest BCUT2D eigenvalue weighted by atomic mass is 32.2. The van der Waals surface area contributed by atoms with E-state index in [1.807, 2.05) is 47.4 Å². The number of ether oxygens (including phenoxy) is 1. The van der Waals surface area contributed by atoms with Crippen molar-refractivity contribution in [1.82, 2.24) is 20.1 Å².